The second-order valence-corrected chi connectivity index (χ2v) is 15.2. The number of oxazole rings is 1. The van der Waals surface area contributed by atoms with E-state index in [0.29, 0.717) is 30.1 Å². The number of aryl methyl sites for hydroxylation is 2. The van der Waals surface area contributed by atoms with Gasteiger partial charge in [-0.2, -0.15) is 13.0 Å². The Balaban J connectivity index is 1.36. The number of carboxylic acids is 1. The Bertz CT molecular complexity index is 2230. The summed E-state index contributed by atoms with van der Waals surface area (Å²) in [5.41, 5.74) is 2.49. The molecule has 0 unspecified atom stereocenters. The van der Waals surface area contributed by atoms with E-state index in [9.17, 15) is 36.3 Å². The lowest BCUT2D eigenvalue weighted by Crippen LogP contribution is -2.37. The van der Waals surface area contributed by atoms with Crippen LogP contribution in [0.15, 0.2) is 88.0 Å². The summed E-state index contributed by atoms with van der Waals surface area (Å²) in [5.74, 6) is 0.297. The summed E-state index contributed by atoms with van der Waals surface area (Å²) in [5, 5.41) is 20.3. The van der Waals surface area contributed by atoms with E-state index in [2.05, 4.69) is 4.72 Å². The van der Waals surface area contributed by atoms with Crippen LogP contribution in [0, 0.1) is 17.0 Å². The van der Waals surface area contributed by atoms with Crippen LogP contribution in [0.25, 0.3) is 17.2 Å². The van der Waals surface area contributed by atoms with Crippen molar-refractivity contribution in [1.82, 2.24) is 4.72 Å². The van der Waals surface area contributed by atoms with E-state index in [4.69, 9.17) is 14.3 Å². The third kappa shape index (κ3) is 9.57. The van der Waals surface area contributed by atoms with Crippen molar-refractivity contribution in [3.05, 3.63) is 106 Å². The van der Waals surface area contributed by atoms with Gasteiger partial charge < -0.3 is 19.2 Å². The Hall–Kier alpha value is -5.10. The van der Waals surface area contributed by atoms with Crippen LogP contribution in [0.5, 0.6) is 5.75 Å². The number of sulfonamides is 1. The molecule has 0 fully saturated rings. The highest BCUT2D eigenvalue weighted by atomic mass is 32.2. The number of ether oxygens (including phenoxy) is 1. The number of nitro groups is 1. The fraction of sp³-hybridized carbons (Fsp3) is 0.294. The summed E-state index contributed by atoms with van der Waals surface area (Å²) in [6.45, 7) is 2.40. The highest BCUT2D eigenvalue weighted by Crippen LogP contribution is 2.39. The van der Waals surface area contributed by atoms with E-state index >= 15 is 0 Å². The number of unbranched alkanes of at least 4 members (excludes halogenated alkanes) is 2. The molecule has 2 heterocycles. The zero-order chi connectivity index (χ0) is 36.8. The number of fused-ring (bicyclic) bond motifs is 2. The van der Waals surface area contributed by atoms with Crippen molar-refractivity contribution in [2.45, 2.75) is 57.0 Å². The summed E-state index contributed by atoms with van der Waals surface area (Å²) in [7, 11) is -8.38. The van der Waals surface area contributed by atoms with Gasteiger partial charge in [0.05, 0.1) is 27.3 Å². The average Bonchev–Trinajstić information content (AvgIpc) is 3.59. The Morgan fingerprint density at radius 3 is 2.57 bits per heavy atom. The molecule has 270 valence electrons. The summed E-state index contributed by atoms with van der Waals surface area (Å²) < 4.78 is 75.1. The predicted octanol–water partition coefficient (Wildman–Crippen LogP) is 5.09. The molecule has 0 aliphatic carbocycles. The van der Waals surface area contributed by atoms with Crippen LogP contribution < -0.4 is 18.9 Å². The number of hydrogen-bond donors (Lipinski definition) is 3. The van der Waals surface area contributed by atoms with E-state index < -0.39 is 31.0 Å². The smallest absolute Gasteiger partial charge is 0.374 e. The van der Waals surface area contributed by atoms with Crippen molar-refractivity contribution in [2.75, 3.05) is 17.2 Å². The fourth-order valence-corrected chi connectivity index (χ4v) is 7.14. The van der Waals surface area contributed by atoms with Crippen LogP contribution in [0.4, 0.5) is 11.4 Å². The molecule has 15 nitrogen and oxygen atoms in total. The molecule has 0 radical (unpaired) electrons. The second-order valence-electron chi connectivity index (χ2n) is 11.9. The third-order valence-electron chi connectivity index (χ3n) is 8.10. The van der Waals surface area contributed by atoms with Crippen molar-refractivity contribution in [3.63, 3.8) is 0 Å². The monoisotopic (exact) mass is 741 g/mol. The van der Waals surface area contributed by atoms with Crippen molar-refractivity contribution >= 4 is 54.7 Å². The maximum atomic E-state index is 12.8. The second kappa shape index (κ2) is 15.8. The first-order valence-electron chi connectivity index (χ1n) is 16.0. The number of anilines is 1. The van der Waals surface area contributed by atoms with Gasteiger partial charge >= 0.3 is 11.9 Å². The Morgan fingerprint density at radius 1 is 1.04 bits per heavy atom. The number of nitrogens with one attached hydrogen (secondary N) is 1. The first kappa shape index (κ1) is 37.2. The maximum Gasteiger partial charge on any atom is 0.374 e. The van der Waals surface area contributed by atoms with Crippen LogP contribution in [0.3, 0.4) is 0 Å². The van der Waals surface area contributed by atoms with Gasteiger partial charge in [0.25, 0.3) is 21.3 Å². The number of carboxylic acid groups (broad SMARTS) is 1. The zero-order valence-electron chi connectivity index (χ0n) is 27.6. The fourth-order valence-electron chi connectivity index (χ4n) is 5.61. The van der Waals surface area contributed by atoms with Crippen molar-refractivity contribution in [2.24, 2.45) is 0 Å². The molecule has 4 aromatic rings. The van der Waals surface area contributed by atoms with Gasteiger partial charge in [0.2, 0.25) is 21.5 Å². The van der Waals surface area contributed by atoms with Gasteiger partial charge in [-0.3, -0.25) is 19.5 Å². The largest absolute Gasteiger partial charge is 0.481 e. The molecule has 0 bridgehead atoms. The molecule has 0 spiro atoms. The highest BCUT2D eigenvalue weighted by molar-refractivity contribution is 7.89. The molecule has 1 aromatic heterocycles. The lowest BCUT2D eigenvalue weighted by atomic mass is 10.1. The van der Waals surface area contributed by atoms with E-state index in [1.54, 1.807) is 28.9 Å². The van der Waals surface area contributed by atoms with Crippen molar-refractivity contribution in [1.29, 1.82) is 0 Å². The maximum absolute atomic E-state index is 12.8. The molecule has 0 atom stereocenters. The third-order valence-corrected chi connectivity index (χ3v) is 10.4. The van der Waals surface area contributed by atoms with Crippen molar-refractivity contribution in [3.8, 4) is 5.75 Å². The zero-order valence-corrected chi connectivity index (χ0v) is 29.2. The van der Waals surface area contributed by atoms with E-state index in [0.717, 1.165) is 24.1 Å². The molecular weight excluding hydrogens is 705 g/mol. The van der Waals surface area contributed by atoms with Gasteiger partial charge in [0.1, 0.15) is 0 Å². The number of nitrogens with zero attached hydrogens (tertiary/aromatic N) is 3. The average molecular weight is 742 g/mol. The molecule has 51 heavy (non-hydrogen) atoms. The minimum atomic E-state index is -4.53. The number of aliphatic carboxylic acids is 1. The molecule has 5 rings (SSSR count). The number of rotatable bonds is 17. The molecule has 1 aliphatic rings. The van der Waals surface area contributed by atoms with Gasteiger partial charge in [0.15, 0.2) is 12.3 Å². The first-order valence-corrected chi connectivity index (χ1v) is 19.1. The number of allylic oxidation sites excluding steroid dienone is 2. The molecule has 3 N–H and O–H groups in total. The van der Waals surface area contributed by atoms with Gasteiger partial charge in [-0.15, -0.1) is 0 Å². The van der Waals surface area contributed by atoms with Gasteiger partial charge in [0, 0.05) is 49.7 Å². The van der Waals surface area contributed by atoms with Crippen molar-refractivity contribution < 1.29 is 49.9 Å². The lowest BCUT2D eigenvalue weighted by molar-refractivity contribution is -0.677. The highest BCUT2D eigenvalue weighted by Gasteiger charge is 2.27. The number of nitro benzene ring substituents is 1. The molecule has 0 saturated carbocycles. The van der Waals surface area contributed by atoms with Crippen LogP contribution in [-0.4, -0.2) is 49.7 Å². The molecule has 0 saturated heterocycles. The van der Waals surface area contributed by atoms with Gasteiger partial charge in [-0.05, 0) is 55.7 Å². The summed E-state index contributed by atoms with van der Waals surface area (Å²) in [6, 6.07) is 15.5. The minimum absolute atomic E-state index is 0.0981. The molecule has 0 amide bonds. The van der Waals surface area contributed by atoms with Crippen LogP contribution in [0.1, 0.15) is 49.1 Å². The van der Waals surface area contributed by atoms with Crippen LogP contribution in [-0.2, 0) is 38.0 Å². The number of benzene rings is 3. The Kier molecular flexibility index (Phi) is 11.5. The topological polar surface area (TPSA) is 210 Å². The number of aromatic nitrogens is 1. The number of hydrogen-bond acceptors (Lipinski definition) is 10. The SMILES string of the molecule is Cc1ccc2c(c1)O/C(=C\C=C\c1oc3cc(S(=O)(=O)O)ccc3[n+]1CCCS(=O)(=O)NCc1ccccc1[N+](=O)[O-])N2CCCCCC(=O)O. The van der Waals surface area contributed by atoms with Gasteiger partial charge in [-0.1, -0.05) is 30.7 Å². The molecule has 17 heteroatoms. The van der Waals surface area contributed by atoms with E-state index in [1.165, 1.54) is 36.4 Å². The summed E-state index contributed by atoms with van der Waals surface area (Å²) >= 11 is 0. The number of carbonyl (C=O) groups is 1. The Morgan fingerprint density at radius 2 is 1.82 bits per heavy atom. The Labute approximate surface area is 294 Å². The minimum Gasteiger partial charge on any atom is -0.481 e. The standard InChI is InChI=1S/C34H36N4O11S2/c1-24-14-16-28-30(21-24)48-32(36(28)18-6-2-3-13-34(39)40)11-7-12-33-37(29-17-15-26(51(45,46)47)22-31(29)49-33)19-8-20-50(43,44)35-23-25-9-4-5-10-27(25)38(41)42/h4-5,7,9-12,14-17,21-22,35H,2-3,6,8,13,18-20,23H2,1H3,(H-,39,40,45,46,47)/p+1. The normalized spacial score (nSPS) is 14.0. The predicted molar refractivity (Wildman–Crippen MR) is 187 cm³/mol. The summed E-state index contributed by atoms with van der Waals surface area (Å²) in [6.07, 6.45) is 7.22. The first-order chi connectivity index (χ1) is 24.2. The quantitative estimate of drug-likeness (QED) is 0.0425. The lowest BCUT2D eigenvalue weighted by Gasteiger charge is -2.18. The van der Waals surface area contributed by atoms with Gasteiger partial charge in [-0.25, -0.2) is 13.1 Å². The number of para-hydroxylation sites is 1. The molecule has 1 aliphatic heterocycles. The molecular formula is C34H37N4O11S2+. The van der Waals surface area contributed by atoms with E-state index in [1.807, 2.05) is 30.0 Å². The van der Waals surface area contributed by atoms with Crippen LogP contribution >= 0.6 is 0 Å². The summed E-state index contributed by atoms with van der Waals surface area (Å²) in [4.78, 5) is 23.3. The van der Waals surface area contributed by atoms with E-state index in [-0.39, 0.29) is 59.3 Å². The van der Waals surface area contributed by atoms with Crippen LogP contribution in [0.2, 0.25) is 0 Å². The molecule has 3 aromatic carbocycles.